The van der Waals surface area contributed by atoms with Crippen molar-refractivity contribution >= 4 is 51.5 Å². The van der Waals surface area contributed by atoms with Gasteiger partial charge in [0, 0.05) is 40.5 Å². The quantitative estimate of drug-likeness (QED) is 0.204. The van der Waals surface area contributed by atoms with E-state index in [9.17, 15) is 24.6 Å². The van der Waals surface area contributed by atoms with E-state index >= 15 is 0 Å². The molecule has 0 radical (unpaired) electrons. The molecule has 44 heavy (non-hydrogen) atoms. The second kappa shape index (κ2) is 12.4. The van der Waals surface area contributed by atoms with E-state index in [-0.39, 0.29) is 25.1 Å². The second-order valence-electron chi connectivity index (χ2n) is 12.0. The molecule has 8 nitrogen and oxygen atoms in total. The fourth-order valence-corrected chi connectivity index (χ4v) is 5.75. The number of nitrogens with one attached hydrogen (secondary N) is 1. The van der Waals surface area contributed by atoms with E-state index in [4.69, 9.17) is 16.3 Å². The van der Waals surface area contributed by atoms with Gasteiger partial charge in [0.15, 0.2) is 0 Å². The normalized spacial score (nSPS) is 16.9. The number of ether oxygens (including phenoxy) is 1. The first kappa shape index (κ1) is 31.2. The largest absolute Gasteiger partial charge is 0.478 e. The molecule has 228 valence electrons. The number of carbonyl (C=O) groups is 3. The first-order chi connectivity index (χ1) is 20.9. The van der Waals surface area contributed by atoms with Crippen LogP contribution in [0.15, 0.2) is 72.8 Å². The molecule has 1 aliphatic rings. The minimum atomic E-state index is -1.15. The summed E-state index contributed by atoms with van der Waals surface area (Å²) in [6.45, 7) is 7.76. The van der Waals surface area contributed by atoms with Crippen LogP contribution in [0.1, 0.15) is 59.0 Å². The minimum Gasteiger partial charge on any atom is -0.478 e. The van der Waals surface area contributed by atoms with Gasteiger partial charge in [0.05, 0.1) is 12.0 Å². The van der Waals surface area contributed by atoms with E-state index in [1.165, 1.54) is 6.07 Å². The molecule has 0 saturated carbocycles. The molecule has 9 heteroatoms. The average Bonchev–Trinajstić information content (AvgIpc) is 3.08. The van der Waals surface area contributed by atoms with Crippen LogP contribution in [0, 0.1) is 19.3 Å². The van der Waals surface area contributed by atoms with E-state index in [1.807, 2.05) is 45.9 Å². The lowest BCUT2D eigenvalue weighted by Crippen LogP contribution is -2.46. The number of carboxylic acid groups (broad SMARTS) is 1. The highest BCUT2D eigenvalue weighted by Crippen LogP contribution is 2.42. The zero-order valence-electron chi connectivity index (χ0n) is 25.1. The van der Waals surface area contributed by atoms with Gasteiger partial charge in [0.25, 0.3) is 5.91 Å². The number of hydrogen-bond donors (Lipinski definition) is 3. The number of amides is 2. The fraction of sp³-hybridized carbons (Fsp3) is 0.286. The molecule has 1 heterocycles. The third-order valence-electron chi connectivity index (χ3n) is 8.11. The first-order valence-electron chi connectivity index (χ1n) is 14.4. The van der Waals surface area contributed by atoms with Crippen molar-refractivity contribution in [3.05, 3.63) is 106 Å². The molecule has 0 fully saturated rings. The summed E-state index contributed by atoms with van der Waals surface area (Å²) in [5, 5.41) is 24.1. The van der Waals surface area contributed by atoms with E-state index in [0.29, 0.717) is 32.7 Å². The van der Waals surface area contributed by atoms with Gasteiger partial charge in [0.2, 0.25) is 5.91 Å². The number of aliphatic hydroxyl groups excluding tert-OH is 1. The maximum Gasteiger partial charge on any atom is 0.336 e. The maximum atomic E-state index is 14.2. The van der Waals surface area contributed by atoms with Crippen LogP contribution < -0.4 is 10.2 Å². The van der Waals surface area contributed by atoms with Gasteiger partial charge in [-0.2, -0.15) is 0 Å². The Labute approximate surface area is 261 Å². The summed E-state index contributed by atoms with van der Waals surface area (Å²) in [5.74, 6) is -1.88. The first-order valence-corrected chi connectivity index (χ1v) is 14.8. The predicted octanol–water partition coefficient (Wildman–Crippen LogP) is 6.68. The Morgan fingerprint density at radius 2 is 1.75 bits per heavy atom. The van der Waals surface area contributed by atoms with Crippen LogP contribution in [0.2, 0.25) is 5.02 Å². The number of aliphatic hydroxyl groups is 1. The second-order valence-corrected chi connectivity index (χ2v) is 12.5. The van der Waals surface area contributed by atoms with E-state index in [2.05, 4.69) is 5.32 Å². The molecule has 4 aromatic rings. The molecule has 0 aromatic heterocycles. The molecule has 0 saturated heterocycles. The average molecular weight is 615 g/mol. The van der Waals surface area contributed by atoms with Crippen molar-refractivity contribution in [3.63, 3.8) is 0 Å². The summed E-state index contributed by atoms with van der Waals surface area (Å²) in [4.78, 5) is 40.9. The third-order valence-corrected chi connectivity index (χ3v) is 8.35. The van der Waals surface area contributed by atoms with Gasteiger partial charge in [-0.05, 0) is 77.7 Å². The number of benzene rings is 4. The van der Waals surface area contributed by atoms with Gasteiger partial charge in [0.1, 0.15) is 12.2 Å². The molecule has 0 unspecified atom stereocenters. The lowest BCUT2D eigenvalue weighted by molar-refractivity contribution is -0.136. The van der Waals surface area contributed by atoms with Crippen molar-refractivity contribution in [1.29, 1.82) is 0 Å². The molecule has 4 aromatic carbocycles. The highest BCUT2D eigenvalue weighted by atomic mass is 35.5. The van der Waals surface area contributed by atoms with Crippen LogP contribution in [-0.4, -0.2) is 47.3 Å². The number of hydrogen-bond acceptors (Lipinski definition) is 5. The number of anilines is 2. The van der Waals surface area contributed by atoms with Crippen LogP contribution in [-0.2, 0) is 14.3 Å². The van der Waals surface area contributed by atoms with Gasteiger partial charge < -0.3 is 25.2 Å². The summed E-state index contributed by atoms with van der Waals surface area (Å²) < 4.78 is 6.59. The Morgan fingerprint density at radius 3 is 2.48 bits per heavy atom. The number of halogens is 1. The molecule has 0 aliphatic carbocycles. The molecular weight excluding hydrogens is 580 g/mol. The molecule has 1 aliphatic heterocycles. The monoisotopic (exact) mass is 614 g/mol. The standard InChI is InChI=1S/C35H35ClN2O6/c1-20-7-5-9-25(21(20)2)32-28-16-23(36)11-14-29(28)38(18-35(3,4)19-39)33(41)30(44-32)17-31(40)37-24-12-13-26-22(15-24)8-6-10-27(26)34(42)43/h5-16,30,32,39H,17-19H2,1-4H3,(H,37,40)(H,42,43)/t30-,32-/m1/s1. The predicted molar refractivity (Wildman–Crippen MR) is 171 cm³/mol. The molecule has 2 amide bonds. The van der Waals surface area contributed by atoms with Crippen molar-refractivity contribution in [3.8, 4) is 0 Å². The van der Waals surface area contributed by atoms with Crippen LogP contribution in [0.4, 0.5) is 11.4 Å². The smallest absolute Gasteiger partial charge is 0.336 e. The lowest BCUT2D eigenvalue weighted by Gasteiger charge is -2.32. The Bertz CT molecular complexity index is 1770. The van der Waals surface area contributed by atoms with Gasteiger partial charge in [-0.3, -0.25) is 9.59 Å². The van der Waals surface area contributed by atoms with E-state index in [0.717, 1.165) is 16.7 Å². The number of nitrogens with zero attached hydrogens (tertiary/aromatic N) is 1. The van der Waals surface area contributed by atoms with Crippen molar-refractivity contribution in [2.75, 3.05) is 23.4 Å². The zero-order chi connectivity index (χ0) is 31.8. The van der Waals surface area contributed by atoms with Crippen molar-refractivity contribution in [2.45, 2.75) is 46.3 Å². The summed E-state index contributed by atoms with van der Waals surface area (Å²) in [5.41, 5.74) is 4.21. The highest BCUT2D eigenvalue weighted by Gasteiger charge is 2.40. The summed E-state index contributed by atoms with van der Waals surface area (Å²) in [6, 6.07) is 21.1. The van der Waals surface area contributed by atoms with Gasteiger partial charge in [-0.1, -0.05) is 61.8 Å². The fourth-order valence-electron chi connectivity index (χ4n) is 5.57. The number of carbonyl (C=O) groups excluding carboxylic acids is 2. The molecule has 0 bridgehead atoms. The number of fused-ring (bicyclic) bond motifs is 2. The lowest BCUT2D eigenvalue weighted by atomic mass is 9.91. The number of rotatable bonds is 8. The van der Waals surface area contributed by atoms with Crippen LogP contribution >= 0.6 is 11.6 Å². The number of carboxylic acids is 1. The Morgan fingerprint density at radius 1 is 1.00 bits per heavy atom. The number of aryl methyl sites for hydroxylation is 1. The minimum absolute atomic E-state index is 0.155. The van der Waals surface area contributed by atoms with Crippen LogP contribution in [0.25, 0.3) is 10.8 Å². The van der Waals surface area contributed by atoms with E-state index in [1.54, 1.807) is 53.4 Å². The highest BCUT2D eigenvalue weighted by molar-refractivity contribution is 6.30. The zero-order valence-corrected chi connectivity index (χ0v) is 25.8. The summed E-state index contributed by atoms with van der Waals surface area (Å²) in [7, 11) is 0. The number of aromatic carboxylic acids is 1. The molecule has 5 rings (SSSR count). The van der Waals surface area contributed by atoms with E-state index < -0.39 is 35.4 Å². The summed E-state index contributed by atoms with van der Waals surface area (Å²) >= 11 is 6.48. The van der Waals surface area contributed by atoms with Crippen LogP contribution in [0.5, 0.6) is 0 Å². The van der Waals surface area contributed by atoms with Crippen molar-refractivity contribution < 1.29 is 29.3 Å². The molecular formula is C35H35ClN2O6. The third kappa shape index (κ3) is 6.33. The van der Waals surface area contributed by atoms with Crippen LogP contribution in [0.3, 0.4) is 0 Å². The Kier molecular flexibility index (Phi) is 8.79. The van der Waals surface area contributed by atoms with Gasteiger partial charge in [-0.15, -0.1) is 0 Å². The van der Waals surface area contributed by atoms with Crippen molar-refractivity contribution in [1.82, 2.24) is 0 Å². The van der Waals surface area contributed by atoms with Crippen molar-refractivity contribution in [2.24, 2.45) is 5.41 Å². The molecule has 3 N–H and O–H groups in total. The Balaban J connectivity index is 1.52. The molecule has 0 spiro atoms. The summed E-state index contributed by atoms with van der Waals surface area (Å²) in [6.07, 6.45) is -2.12. The Hall–Kier alpha value is -4.24. The van der Waals surface area contributed by atoms with Gasteiger partial charge in [-0.25, -0.2) is 4.79 Å². The SMILES string of the molecule is Cc1cccc([C@H]2O[C@H](CC(=O)Nc3ccc4c(C(=O)O)cccc4c3)C(=O)N(CC(C)(C)CO)c3ccc(Cl)cc32)c1C. The molecule has 2 atom stereocenters. The topological polar surface area (TPSA) is 116 Å². The maximum absolute atomic E-state index is 14.2. The van der Waals surface area contributed by atoms with Gasteiger partial charge >= 0.3 is 5.97 Å².